The maximum atomic E-state index is 4.55. The van der Waals surface area contributed by atoms with E-state index in [1.165, 1.54) is 42.8 Å². The van der Waals surface area contributed by atoms with Gasteiger partial charge in [0.1, 0.15) is 5.82 Å². The summed E-state index contributed by atoms with van der Waals surface area (Å²) >= 11 is 3.63. The highest BCUT2D eigenvalue weighted by Crippen LogP contribution is 2.27. The number of hydrogen-bond donors (Lipinski definition) is 0. The molecule has 2 aromatic carbocycles. The van der Waals surface area contributed by atoms with Crippen molar-refractivity contribution in [2.45, 2.75) is 42.0 Å². The second kappa shape index (κ2) is 10.3. The fraction of sp³-hybridized carbons (Fsp3) is 0.391. The molecule has 0 saturated carbocycles. The van der Waals surface area contributed by atoms with E-state index in [4.69, 9.17) is 0 Å². The number of aromatic nitrogens is 3. The maximum absolute atomic E-state index is 4.55. The molecule has 1 aromatic heterocycles. The van der Waals surface area contributed by atoms with Gasteiger partial charge in [-0.25, -0.2) is 0 Å². The predicted molar refractivity (Wildman–Crippen MR) is 123 cm³/mol. The molecule has 0 aliphatic carbocycles. The van der Waals surface area contributed by atoms with Crippen LogP contribution in [0, 0.1) is 6.92 Å². The first-order valence-corrected chi connectivity index (χ1v) is 12.3. The van der Waals surface area contributed by atoms with Gasteiger partial charge < -0.3 is 4.90 Å². The van der Waals surface area contributed by atoms with Crippen LogP contribution in [-0.2, 0) is 5.75 Å². The summed E-state index contributed by atoms with van der Waals surface area (Å²) in [6.45, 7) is 5.72. The van der Waals surface area contributed by atoms with Crippen LogP contribution in [0.3, 0.4) is 0 Å². The number of benzene rings is 2. The maximum Gasteiger partial charge on any atom is 0.195 e. The van der Waals surface area contributed by atoms with Crippen molar-refractivity contribution in [3.05, 3.63) is 66.0 Å². The van der Waals surface area contributed by atoms with Gasteiger partial charge in [-0.2, -0.15) is 0 Å². The zero-order valence-corrected chi connectivity index (χ0v) is 18.6. The number of hydrogen-bond acceptors (Lipinski definition) is 5. The topological polar surface area (TPSA) is 34.0 Å². The van der Waals surface area contributed by atoms with E-state index in [9.17, 15) is 0 Å². The van der Waals surface area contributed by atoms with Gasteiger partial charge in [0.2, 0.25) is 0 Å². The van der Waals surface area contributed by atoms with Crippen molar-refractivity contribution in [2.24, 2.45) is 0 Å². The fourth-order valence-electron chi connectivity index (χ4n) is 3.56. The van der Waals surface area contributed by atoms with Crippen LogP contribution in [0.4, 0.5) is 0 Å². The predicted octanol–water partition coefficient (Wildman–Crippen LogP) is 5.45. The summed E-state index contributed by atoms with van der Waals surface area (Å²) in [6, 6.07) is 19.2. The largest absolute Gasteiger partial charge is 0.303 e. The Bertz CT molecular complexity index is 887. The smallest absolute Gasteiger partial charge is 0.195 e. The van der Waals surface area contributed by atoms with E-state index in [2.05, 4.69) is 81.2 Å². The van der Waals surface area contributed by atoms with E-state index >= 15 is 0 Å². The second-order valence-corrected chi connectivity index (χ2v) is 9.53. The van der Waals surface area contributed by atoms with E-state index in [-0.39, 0.29) is 0 Å². The van der Waals surface area contributed by atoms with Crippen LogP contribution in [0.5, 0.6) is 0 Å². The van der Waals surface area contributed by atoms with Crippen molar-refractivity contribution in [3.8, 4) is 5.69 Å². The average molecular weight is 425 g/mol. The van der Waals surface area contributed by atoms with Gasteiger partial charge in [0.15, 0.2) is 5.16 Å². The molecule has 0 spiro atoms. The molecular weight excluding hydrogens is 396 g/mol. The molecule has 0 unspecified atom stereocenters. The quantitative estimate of drug-likeness (QED) is 0.449. The lowest BCUT2D eigenvalue weighted by atomic mass is 10.1. The highest BCUT2D eigenvalue weighted by molar-refractivity contribution is 7.99. The third kappa shape index (κ3) is 5.65. The van der Waals surface area contributed by atoms with E-state index in [0.29, 0.717) is 0 Å². The molecule has 0 N–H and O–H groups in total. The zero-order valence-electron chi connectivity index (χ0n) is 17.0. The van der Waals surface area contributed by atoms with Crippen LogP contribution in [0.2, 0.25) is 0 Å². The molecule has 152 valence electrons. The minimum atomic E-state index is 0.803. The number of para-hydroxylation sites is 1. The van der Waals surface area contributed by atoms with Gasteiger partial charge in [0.25, 0.3) is 0 Å². The van der Waals surface area contributed by atoms with E-state index in [1.807, 2.05) is 23.5 Å². The molecular formula is C23H28N4S2. The van der Waals surface area contributed by atoms with Crippen molar-refractivity contribution in [2.75, 3.05) is 25.4 Å². The molecule has 3 aromatic rings. The third-order valence-corrected chi connectivity index (χ3v) is 7.11. The standard InChI is InChI=1S/C23H28N4S2/c1-19-10-12-21(13-11-19)29-18-22-24-25-23(27(22)20-8-4-2-5-9-20)28-17-16-26-14-6-3-7-15-26/h2,4-5,8-13H,3,6-7,14-18H2,1H3. The number of likely N-dealkylation sites (tertiary alicyclic amines) is 1. The van der Waals surface area contributed by atoms with E-state index in [1.54, 1.807) is 0 Å². The van der Waals surface area contributed by atoms with Crippen LogP contribution in [-0.4, -0.2) is 45.1 Å². The van der Waals surface area contributed by atoms with E-state index in [0.717, 1.165) is 34.7 Å². The summed E-state index contributed by atoms with van der Waals surface area (Å²) in [5, 5.41) is 10.1. The summed E-state index contributed by atoms with van der Waals surface area (Å²) in [4.78, 5) is 3.84. The van der Waals surface area contributed by atoms with Gasteiger partial charge in [0.05, 0.1) is 5.75 Å². The number of aryl methyl sites for hydroxylation is 1. The van der Waals surface area contributed by atoms with Crippen LogP contribution in [0.25, 0.3) is 5.69 Å². The first kappa shape index (κ1) is 20.5. The van der Waals surface area contributed by atoms with Gasteiger partial charge in [-0.1, -0.05) is 54.1 Å². The number of piperidine rings is 1. The molecule has 0 radical (unpaired) electrons. The molecule has 0 amide bonds. The van der Waals surface area contributed by atoms with Gasteiger partial charge in [-0.3, -0.25) is 4.57 Å². The zero-order chi connectivity index (χ0) is 19.9. The van der Waals surface area contributed by atoms with Gasteiger partial charge >= 0.3 is 0 Å². The van der Waals surface area contributed by atoms with Crippen LogP contribution in [0.15, 0.2) is 64.6 Å². The van der Waals surface area contributed by atoms with Gasteiger partial charge in [0, 0.05) is 22.9 Å². The van der Waals surface area contributed by atoms with Crippen LogP contribution >= 0.6 is 23.5 Å². The highest BCUT2D eigenvalue weighted by atomic mass is 32.2. The average Bonchev–Trinajstić information content (AvgIpc) is 3.17. The van der Waals surface area contributed by atoms with Gasteiger partial charge in [-0.15, -0.1) is 22.0 Å². The minimum Gasteiger partial charge on any atom is -0.303 e. The number of nitrogens with zero attached hydrogens (tertiary/aromatic N) is 4. The SMILES string of the molecule is Cc1ccc(SCc2nnc(SCCN3CCCCC3)n2-c2ccccc2)cc1. The lowest BCUT2D eigenvalue weighted by Crippen LogP contribution is -2.31. The second-order valence-electron chi connectivity index (χ2n) is 7.42. The number of thioether (sulfide) groups is 2. The van der Waals surface area contributed by atoms with Crippen LogP contribution < -0.4 is 0 Å². The molecule has 0 bridgehead atoms. The van der Waals surface area contributed by atoms with Gasteiger partial charge in [-0.05, 0) is 57.1 Å². The van der Waals surface area contributed by atoms with Crippen molar-refractivity contribution in [3.63, 3.8) is 0 Å². The fourth-order valence-corrected chi connectivity index (χ4v) is 5.34. The Kier molecular flexibility index (Phi) is 7.30. The third-order valence-electron chi connectivity index (χ3n) is 5.19. The Morgan fingerprint density at radius 2 is 1.62 bits per heavy atom. The Labute approximate surface area is 182 Å². The molecule has 6 heteroatoms. The van der Waals surface area contributed by atoms with Crippen molar-refractivity contribution in [1.29, 1.82) is 0 Å². The lowest BCUT2D eigenvalue weighted by Gasteiger charge is -2.25. The summed E-state index contributed by atoms with van der Waals surface area (Å²) in [5.41, 5.74) is 2.42. The molecule has 2 heterocycles. The highest BCUT2D eigenvalue weighted by Gasteiger charge is 2.16. The Hall–Kier alpha value is -1.76. The number of rotatable bonds is 8. The normalized spacial score (nSPS) is 14.9. The van der Waals surface area contributed by atoms with Crippen molar-refractivity contribution in [1.82, 2.24) is 19.7 Å². The van der Waals surface area contributed by atoms with E-state index < -0.39 is 0 Å². The molecule has 4 nitrogen and oxygen atoms in total. The molecule has 1 fully saturated rings. The minimum absolute atomic E-state index is 0.803. The molecule has 1 aliphatic rings. The summed E-state index contributed by atoms with van der Waals surface area (Å²) in [7, 11) is 0. The molecule has 4 rings (SSSR count). The summed E-state index contributed by atoms with van der Waals surface area (Å²) < 4.78 is 2.22. The molecule has 29 heavy (non-hydrogen) atoms. The molecule has 1 saturated heterocycles. The molecule has 1 aliphatic heterocycles. The monoisotopic (exact) mass is 424 g/mol. The van der Waals surface area contributed by atoms with Crippen LogP contribution in [0.1, 0.15) is 30.7 Å². The lowest BCUT2D eigenvalue weighted by molar-refractivity contribution is 0.242. The van der Waals surface area contributed by atoms with Crippen molar-refractivity contribution < 1.29 is 0 Å². The van der Waals surface area contributed by atoms with Crippen molar-refractivity contribution >= 4 is 23.5 Å². The first-order valence-electron chi connectivity index (χ1n) is 10.3. The Balaban J connectivity index is 1.46. The Morgan fingerprint density at radius 3 is 2.38 bits per heavy atom. The first-order chi connectivity index (χ1) is 14.3. The summed E-state index contributed by atoms with van der Waals surface area (Å²) in [5.74, 6) is 2.86. The summed E-state index contributed by atoms with van der Waals surface area (Å²) in [6.07, 6.45) is 4.06. The Morgan fingerprint density at radius 1 is 0.862 bits per heavy atom. The molecule has 0 atom stereocenters.